The largest absolute Gasteiger partial charge is 0.508 e. The van der Waals surface area contributed by atoms with Gasteiger partial charge in [-0.3, -0.25) is 9.80 Å². The number of aromatic hydroxyl groups is 1. The minimum atomic E-state index is 0.184. The summed E-state index contributed by atoms with van der Waals surface area (Å²) < 4.78 is 5.32. The lowest BCUT2D eigenvalue weighted by atomic mass is 10.1. The molecule has 0 aromatic heterocycles. The van der Waals surface area contributed by atoms with Crippen LogP contribution in [-0.4, -0.2) is 59.4 Å². The lowest BCUT2D eigenvalue weighted by Gasteiger charge is -2.41. The van der Waals surface area contributed by atoms with Gasteiger partial charge in [-0.05, 0) is 30.2 Å². The summed E-state index contributed by atoms with van der Waals surface area (Å²) in [6.07, 6.45) is 0.751. The molecule has 140 valence electrons. The fourth-order valence-electron chi connectivity index (χ4n) is 3.62. The Kier molecular flexibility index (Phi) is 6.50. The van der Waals surface area contributed by atoms with Crippen molar-refractivity contribution in [3.8, 4) is 11.5 Å². The molecule has 2 N–H and O–H groups in total. The number of benzene rings is 2. The number of rotatable bonds is 7. The number of ether oxygens (including phenoxy) is 1. The van der Waals surface area contributed by atoms with Gasteiger partial charge in [0.25, 0.3) is 0 Å². The Bertz CT molecular complexity index is 707. The van der Waals surface area contributed by atoms with Crippen molar-refractivity contribution in [3.63, 3.8) is 0 Å². The summed E-state index contributed by atoms with van der Waals surface area (Å²) in [5.41, 5.74) is 2.18. The highest BCUT2D eigenvalue weighted by Crippen LogP contribution is 2.23. The van der Waals surface area contributed by atoms with Gasteiger partial charge in [0.05, 0.1) is 7.11 Å². The quantitative estimate of drug-likeness (QED) is 0.798. The third-order valence-corrected chi connectivity index (χ3v) is 5.06. The molecule has 0 amide bonds. The SMILES string of the molecule is COc1cccc(CN2CCN(Cc3ccccc3O)C[C@H]2CCO)c1. The molecule has 5 heteroatoms. The number of aliphatic hydroxyl groups excluding tert-OH is 1. The van der Waals surface area contributed by atoms with Crippen LogP contribution in [0.5, 0.6) is 11.5 Å². The van der Waals surface area contributed by atoms with E-state index >= 15 is 0 Å². The van der Waals surface area contributed by atoms with E-state index in [4.69, 9.17) is 4.74 Å². The van der Waals surface area contributed by atoms with Crippen LogP contribution in [0.15, 0.2) is 48.5 Å². The summed E-state index contributed by atoms with van der Waals surface area (Å²) in [7, 11) is 1.69. The Morgan fingerprint density at radius 3 is 2.69 bits per heavy atom. The first kappa shape index (κ1) is 18.7. The second kappa shape index (κ2) is 9.03. The van der Waals surface area contributed by atoms with Crippen molar-refractivity contribution in [2.24, 2.45) is 0 Å². The van der Waals surface area contributed by atoms with Gasteiger partial charge in [0.15, 0.2) is 0 Å². The molecule has 1 atom stereocenters. The first-order chi connectivity index (χ1) is 12.7. The number of phenols is 1. The Labute approximate surface area is 155 Å². The number of hydrogen-bond donors (Lipinski definition) is 2. The highest BCUT2D eigenvalue weighted by atomic mass is 16.5. The van der Waals surface area contributed by atoms with Gasteiger partial charge < -0.3 is 14.9 Å². The van der Waals surface area contributed by atoms with E-state index in [9.17, 15) is 10.2 Å². The van der Waals surface area contributed by atoms with Gasteiger partial charge in [0, 0.05) is 50.9 Å². The van der Waals surface area contributed by atoms with Gasteiger partial charge in [-0.1, -0.05) is 30.3 Å². The number of aliphatic hydroxyl groups is 1. The zero-order valence-electron chi connectivity index (χ0n) is 15.3. The van der Waals surface area contributed by atoms with E-state index in [1.807, 2.05) is 30.3 Å². The standard InChI is InChI=1S/C21H28N2O3/c1-26-20-7-4-5-17(13-20)14-23-11-10-22(16-19(23)9-12-24)15-18-6-2-3-8-21(18)25/h2-8,13,19,24-25H,9-12,14-16H2,1H3/t19-/m1/s1. The molecular weight excluding hydrogens is 328 g/mol. The van der Waals surface area contributed by atoms with Crippen molar-refractivity contribution in [2.75, 3.05) is 33.4 Å². The van der Waals surface area contributed by atoms with Crippen LogP contribution in [0.4, 0.5) is 0 Å². The number of piperazine rings is 1. The maximum atomic E-state index is 10.0. The third-order valence-electron chi connectivity index (χ3n) is 5.06. The van der Waals surface area contributed by atoms with E-state index in [0.29, 0.717) is 11.8 Å². The molecular formula is C21H28N2O3. The first-order valence-electron chi connectivity index (χ1n) is 9.16. The summed E-state index contributed by atoms with van der Waals surface area (Å²) in [5, 5.41) is 19.5. The van der Waals surface area contributed by atoms with Gasteiger partial charge >= 0.3 is 0 Å². The van der Waals surface area contributed by atoms with Crippen molar-refractivity contribution in [1.82, 2.24) is 9.80 Å². The van der Waals surface area contributed by atoms with Gasteiger partial charge in [-0.15, -0.1) is 0 Å². The molecule has 0 unspecified atom stereocenters. The molecule has 5 nitrogen and oxygen atoms in total. The van der Waals surface area contributed by atoms with Crippen molar-refractivity contribution < 1.29 is 14.9 Å². The molecule has 0 saturated carbocycles. The average Bonchev–Trinajstić information content (AvgIpc) is 2.66. The number of methoxy groups -OCH3 is 1. The summed E-state index contributed by atoms with van der Waals surface area (Å²) in [5.74, 6) is 1.23. The highest BCUT2D eigenvalue weighted by Gasteiger charge is 2.27. The van der Waals surface area contributed by atoms with Gasteiger partial charge in [-0.25, -0.2) is 0 Å². The zero-order valence-corrected chi connectivity index (χ0v) is 15.3. The molecule has 1 fully saturated rings. The zero-order chi connectivity index (χ0) is 18.4. The van der Waals surface area contributed by atoms with Crippen molar-refractivity contribution in [1.29, 1.82) is 0 Å². The molecule has 0 aliphatic carbocycles. The van der Waals surface area contributed by atoms with Gasteiger partial charge in [0.2, 0.25) is 0 Å². The molecule has 3 rings (SSSR count). The van der Waals surface area contributed by atoms with Crippen molar-refractivity contribution in [3.05, 3.63) is 59.7 Å². The molecule has 1 heterocycles. The number of hydrogen-bond acceptors (Lipinski definition) is 5. The Hall–Kier alpha value is -2.08. The Morgan fingerprint density at radius 1 is 1.08 bits per heavy atom. The fraction of sp³-hybridized carbons (Fsp3) is 0.429. The summed E-state index contributed by atoms with van der Waals surface area (Å²) in [6.45, 7) is 4.55. The minimum Gasteiger partial charge on any atom is -0.508 e. The first-order valence-corrected chi connectivity index (χ1v) is 9.16. The van der Waals surface area contributed by atoms with Crippen LogP contribution >= 0.6 is 0 Å². The molecule has 26 heavy (non-hydrogen) atoms. The lowest BCUT2D eigenvalue weighted by molar-refractivity contribution is 0.0496. The number of nitrogens with zero attached hydrogens (tertiary/aromatic N) is 2. The molecule has 0 spiro atoms. The lowest BCUT2D eigenvalue weighted by Crippen LogP contribution is -2.52. The summed E-state index contributed by atoms with van der Waals surface area (Å²) in [4.78, 5) is 4.80. The number of phenolic OH excluding ortho intramolecular Hbond substituents is 1. The van der Waals surface area contributed by atoms with Crippen molar-refractivity contribution in [2.45, 2.75) is 25.6 Å². The van der Waals surface area contributed by atoms with Gasteiger partial charge in [-0.2, -0.15) is 0 Å². The predicted molar refractivity (Wildman–Crippen MR) is 102 cm³/mol. The molecule has 2 aromatic rings. The smallest absolute Gasteiger partial charge is 0.120 e. The van der Waals surface area contributed by atoms with Gasteiger partial charge in [0.1, 0.15) is 11.5 Å². The van der Waals surface area contributed by atoms with E-state index in [0.717, 1.165) is 50.5 Å². The Balaban J connectivity index is 1.65. The van der Waals surface area contributed by atoms with E-state index in [-0.39, 0.29) is 6.61 Å². The second-order valence-electron chi connectivity index (χ2n) is 6.85. The normalized spacial score (nSPS) is 18.8. The molecule has 1 aliphatic rings. The fourth-order valence-corrected chi connectivity index (χ4v) is 3.62. The van der Waals surface area contributed by atoms with Crippen LogP contribution in [0.25, 0.3) is 0 Å². The van der Waals surface area contributed by atoms with E-state index in [1.165, 1.54) is 5.56 Å². The van der Waals surface area contributed by atoms with Crippen molar-refractivity contribution >= 4 is 0 Å². The molecule has 1 saturated heterocycles. The van der Waals surface area contributed by atoms with E-state index < -0.39 is 0 Å². The maximum Gasteiger partial charge on any atom is 0.120 e. The molecule has 1 aliphatic heterocycles. The predicted octanol–water partition coefficient (Wildman–Crippen LogP) is 2.47. The number of para-hydroxylation sites is 1. The molecule has 0 radical (unpaired) electrons. The molecule has 2 aromatic carbocycles. The third kappa shape index (κ3) is 4.75. The Morgan fingerprint density at radius 2 is 1.92 bits per heavy atom. The average molecular weight is 356 g/mol. The van der Waals surface area contributed by atoms with E-state index in [1.54, 1.807) is 13.2 Å². The van der Waals surface area contributed by atoms with Crippen LogP contribution in [0, 0.1) is 0 Å². The highest BCUT2D eigenvalue weighted by molar-refractivity contribution is 5.31. The van der Waals surface area contributed by atoms with Crippen LogP contribution in [0.3, 0.4) is 0 Å². The van der Waals surface area contributed by atoms with Crippen LogP contribution in [0.1, 0.15) is 17.5 Å². The van der Waals surface area contributed by atoms with E-state index in [2.05, 4.69) is 21.9 Å². The second-order valence-corrected chi connectivity index (χ2v) is 6.85. The monoisotopic (exact) mass is 356 g/mol. The van der Waals surface area contributed by atoms with Crippen LogP contribution in [0.2, 0.25) is 0 Å². The maximum absolute atomic E-state index is 10.0. The van der Waals surface area contributed by atoms with Crippen LogP contribution in [-0.2, 0) is 13.1 Å². The van der Waals surface area contributed by atoms with Crippen LogP contribution < -0.4 is 4.74 Å². The summed E-state index contributed by atoms with van der Waals surface area (Å²) in [6, 6.07) is 16.0. The minimum absolute atomic E-state index is 0.184. The summed E-state index contributed by atoms with van der Waals surface area (Å²) >= 11 is 0. The topological polar surface area (TPSA) is 56.2 Å². The molecule has 0 bridgehead atoms.